The Balaban J connectivity index is 2.28. The predicted octanol–water partition coefficient (Wildman–Crippen LogP) is 3.72. The molecule has 0 spiro atoms. The van der Waals surface area contributed by atoms with E-state index in [4.69, 9.17) is 23.2 Å². The van der Waals surface area contributed by atoms with Gasteiger partial charge in [0, 0.05) is 5.56 Å². The summed E-state index contributed by atoms with van der Waals surface area (Å²) < 4.78 is 62.7. The van der Waals surface area contributed by atoms with E-state index in [9.17, 15) is 21.6 Å². The zero-order chi connectivity index (χ0) is 18.0. The first-order valence-corrected chi connectivity index (χ1v) is 8.38. The first kappa shape index (κ1) is 18.5. The van der Waals surface area contributed by atoms with Crippen LogP contribution in [0.5, 0.6) is 0 Å². The lowest BCUT2D eigenvalue weighted by molar-refractivity contribution is -0.139. The topological polar surface area (TPSA) is 71.4 Å². The molecule has 2 aromatic rings. The molecule has 0 unspecified atom stereocenters. The maximum Gasteiger partial charge on any atom is 0.417 e. The van der Waals surface area contributed by atoms with Gasteiger partial charge in [-0.25, -0.2) is 9.82 Å². The highest BCUT2D eigenvalue weighted by Gasteiger charge is 2.36. The van der Waals surface area contributed by atoms with E-state index in [0.717, 1.165) is 18.3 Å². The van der Waals surface area contributed by atoms with E-state index < -0.39 is 26.7 Å². The number of nitrogens with one attached hydrogen (secondary N) is 1. The van der Waals surface area contributed by atoms with Crippen molar-refractivity contribution in [3.63, 3.8) is 0 Å². The van der Waals surface area contributed by atoms with Crippen LogP contribution in [0.15, 0.2) is 46.4 Å². The molecule has 0 amide bonds. The monoisotopic (exact) mass is 397 g/mol. The van der Waals surface area contributed by atoms with Gasteiger partial charge in [0.2, 0.25) is 0 Å². The SMILES string of the molecule is O=S(=O)(N/N=C/c1cc(Cl)nc(Cl)c1)c1ccccc1C(F)(F)F. The molecule has 5 nitrogen and oxygen atoms in total. The van der Waals surface area contributed by atoms with Crippen LogP contribution < -0.4 is 4.83 Å². The predicted molar refractivity (Wildman–Crippen MR) is 83.6 cm³/mol. The van der Waals surface area contributed by atoms with Crippen LogP contribution in [0.1, 0.15) is 11.1 Å². The molecule has 128 valence electrons. The highest BCUT2D eigenvalue weighted by Crippen LogP contribution is 2.33. The number of nitrogens with zero attached hydrogens (tertiary/aromatic N) is 2. The van der Waals surface area contributed by atoms with Gasteiger partial charge in [-0.05, 0) is 24.3 Å². The second-order valence-corrected chi connectivity index (χ2v) is 6.80. The zero-order valence-corrected chi connectivity index (χ0v) is 13.9. The highest BCUT2D eigenvalue weighted by atomic mass is 35.5. The van der Waals surface area contributed by atoms with Gasteiger partial charge in [-0.15, -0.1) is 0 Å². The Morgan fingerprint density at radius 2 is 1.71 bits per heavy atom. The fourth-order valence-corrected chi connectivity index (χ4v) is 3.21. The van der Waals surface area contributed by atoms with Crippen molar-refractivity contribution in [2.45, 2.75) is 11.1 Å². The third kappa shape index (κ3) is 4.59. The summed E-state index contributed by atoms with van der Waals surface area (Å²) in [4.78, 5) is 4.46. The van der Waals surface area contributed by atoms with Gasteiger partial charge >= 0.3 is 6.18 Å². The molecule has 24 heavy (non-hydrogen) atoms. The van der Waals surface area contributed by atoms with Crippen LogP contribution >= 0.6 is 23.2 Å². The average molecular weight is 398 g/mol. The lowest BCUT2D eigenvalue weighted by atomic mass is 10.2. The lowest BCUT2D eigenvalue weighted by Gasteiger charge is -2.12. The molecule has 11 heteroatoms. The van der Waals surface area contributed by atoms with Crippen LogP contribution in [0.4, 0.5) is 13.2 Å². The average Bonchev–Trinajstić information content (AvgIpc) is 2.45. The van der Waals surface area contributed by atoms with Crippen molar-refractivity contribution in [2.75, 3.05) is 0 Å². The summed E-state index contributed by atoms with van der Waals surface area (Å²) in [5.74, 6) is 0. The van der Waals surface area contributed by atoms with Crippen LogP contribution in [0, 0.1) is 0 Å². The number of hydrogen-bond acceptors (Lipinski definition) is 4. The number of hydrazone groups is 1. The molecular weight excluding hydrogens is 390 g/mol. The minimum Gasteiger partial charge on any atom is -0.224 e. The van der Waals surface area contributed by atoms with Crippen LogP contribution in [0.3, 0.4) is 0 Å². The molecule has 1 N–H and O–H groups in total. The summed E-state index contributed by atoms with van der Waals surface area (Å²) in [7, 11) is -4.51. The van der Waals surface area contributed by atoms with E-state index in [0.29, 0.717) is 11.6 Å². The van der Waals surface area contributed by atoms with Crippen molar-refractivity contribution in [1.82, 2.24) is 9.82 Å². The largest absolute Gasteiger partial charge is 0.417 e. The van der Waals surface area contributed by atoms with Crippen LogP contribution in [0.25, 0.3) is 0 Å². The van der Waals surface area contributed by atoms with E-state index in [1.807, 2.05) is 0 Å². The second-order valence-electron chi connectivity index (χ2n) is 4.39. The number of pyridine rings is 1. The van der Waals surface area contributed by atoms with E-state index in [1.165, 1.54) is 18.2 Å². The molecular formula is C13H8Cl2F3N3O2S. The van der Waals surface area contributed by atoms with Crippen LogP contribution in [-0.2, 0) is 16.2 Å². The van der Waals surface area contributed by atoms with Gasteiger partial charge in [0.05, 0.1) is 11.8 Å². The van der Waals surface area contributed by atoms with E-state index in [-0.39, 0.29) is 10.3 Å². The van der Waals surface area contributed by atoms with Crippen molar-refractivity contribution in [3.8, 4) is 0 Å². The van der Waals surface area contributed by atoms with Crippen molar-refractivity contribution in [3.05, 3.63) is 57.8 Å². The van der Waals surface area contributed by atoms with E-state index in [1.54, 1.807) is 4.83 Å². The fraction of sp³-hybridized carbons (Fsp3) is 0.0769. The molecule has 0 aliphatic heterocycles. The molecule has 0 radical (unpaired) electrons. The third-order valence-corrected chi connectivity index (χ3v) is 4.32. The van der Waals surface area contributed by atoms with Gasteiger partial charge in [0.15, 0.2) is 0 Å². The molecule has 1 aromatic carbocycles. The maximum absolute atomic E-state index is 12.9. The molecule has 0 saturated heterocycles. The maximum atomic E-state index is 12.9. The Bertz CT molecular complexity index is 866. The molecule has 1 aromatic heterocycles. The molecule has 0 atom stereocenters. The molecule has 0 aliphatic rings. The van der Waals surface area contributed by atoms with Gasteiger partial charge in [0.1, 0.15) is 15.2 Å². The Labute approximate surface area is 145 Å². The molecule has 0 bridgehead atoms. The van der Waals surface area contributed by atoms with Crippen molar-refractivity contribution >= 4 is 39.4 Å². The summed E-state index contributed by atoms with van der Waals surface area (Å²) in [6.45, 7) is 0. The number of aromatic nitrogens is 1. The lowest BCUT2D eigenvalue weighted by Crippen LogP contribution is -2.22. The van der Waals surface area contributed by atoms with Crippen molar-refractivity contribution < 1.29 is 21.6 Å². The second kappa shape index (κ2) is 6.96. The molecule has 0 fully saturated rings. The molecule has 1 heterocycles. The number of benzene rings is 1. The van der Waals surface area contributed by atoms with Crippen molar-refractivity contribution in [2.24, 2.45) is 5.10 Å². The van der Waals surface area contributed by atoms with Gasteiger partial charge in [-0.3, -0.25) is 0 Å². The normalized spacial score (nSPS) is 12.5. The summed E-state index contributed by atoms with van der Waals surface area (Å²) in [5.41, 5.74) is -0.977. The summed E-state index contributed by atoms with van der Waals surface area (Å²) in [6, 6.07) is 6.45. The standard InChI is InChI=1S/C13H8Cl2F3N3O2S/c14-11-5-8(6-12(15)20-11)7-19-21-24(22,23)10-4-2-1-3-9(10)13(16,17)18/h1-7,21H/b19-7+. The van der Waals surface area contributed by atoms with Crippen LogP contribution in [-0.4, -0.2) is 19.6 Å². The zero-order valence-electron chi connectivity index (χ0n) is 11.6. The molecule has 0 aliphatic carbocycles. The fourth-order valence-electron chi connectivity index (χ4n) is 1.71. The number of alkyl halides is 3. The summed E-state index contributed by atoms with van der Waals surface area (Å²) >= 11 is 11.3. The number of halogens is 5. The molecule has 2 rings (SSSR count). The summed E-state index contributed by atoms with van der Waals surface area (Å²) in [5, 5.41) is 3.52. The van der Waals surface area contributed by atoms with E-state index >= 15 is 0 Å². The first-order chi connectivity index (χ1) is 11.1. The van der Waals surface area contributed by atoms with Gasteiger partial charge in [-0.1, -0.05) is 35.3 Å². The summed E-state index contributed by atoms with van der Waals surface area (Å²) in [6.07, 6.45) is -3.78. The smallest absolute Gasteiger partial charge is 0.224 e. The van der Waals surface area contributed by atoms with Gasteiger partial charge in [-0.2, -0.15) is 26.7 Å². The minimum atomic E-state index is -4.82. The Hall–Kier alpha value is -1.84. The van der Waals surface area contributed by atoms with Gasteiger partial charge < -0.3 is 0 Å². The molecule has 0 saturated carbocycles. The number of rotatable bonds is 4. The third-order valence-electron chi connectivity index (χ3n) is 2.65. The number of sulfonamides is 1. The number of hydrogen-bond donors (Lipinski definition) is 1. The Morgan fingerprint density at radius 3 is 2.29 bits per heavy atom. The Morgan fingerprint density at radius 1 is 1.12 bits per heavy atom. The minimum absolute atomic E-state index is 0.0502. The highest BCUT2D eigenvalue weighted by molar-refractivity contribution is 7.89. The van der Waals surface area contributed by atoms with Gasteiger partial charge in [0.25, 0.3) is 10.0 Å². The van der Waals surface area contributed by atoms with E-state index in [2.05, 4.69) is 10.1 Å². The quantitative estimate of drug-likeness (QED) is 0.485. The van der Waals surface area contributed by atoms with Crippen molar-refractivity contribution in [1.29, 1.82) is 0 Å². The van der Waals surface area contributed by atoms with Crippen LogP contribution in [0.2, 0.25) is 10.3 Å². The first-order valence-electron chi connectivity index (χ1n) is 6.14. The Kier molecular flexibility index (Phi) is 5.36.